The van der Waals surface area contributed by atoms with Crippen molar-refractivity contribution in [2.24, 2.45) is 0 Å². The molecule has 4 aliphatic heterocycles. The van der Waals surface area contributed by atoms with Crippen LogP contribution in [0.1, 0.15) is 102 Å². The average molecular weight is 1990 g/mol. The van der Waals surface area contributed by atoms with E-state index in [4.69, 9.17) is 91.0 Å². The molecule has 0 unspecified atom stereocenters. The molecule has 8 aromatic carbocycles. The van der Waals surface area contributed by atoms with Crippen LogP contribution >= 0.6 is 0 Å². The molecule has 146 heavy (non-hydrogen) atoms. The molecule has 0 fully saturated rings. The summed E-state index contributed by atoms with van der Waals surface area (Å²) in [4.78, 5) is 46.0. The van der Waals surface area contributed by atoms with Gasteiger partial charge in [-0.2, -0.15) is 0 Å². The van der Waals surface area contributed by atoms with Gasteiger partial charge in [0.05, 0.1) is 130 Å². The van der Waals surface area contributed by atoms with Crippen LogP contribution in [0, 0.1) is 0 Å². The van der Waals surface area contributed by atoms with Crippen LogP contribution in [0.25, 0.3) is 45.0 Å². The summed E-state index contributed by atoms with van der Waals surface area (Å²) in [7, 11) is 4.94. The first-order valence-corrected chi connectivity index (χ1v) is 50.7. The van der Waals surface area contributed by atoms with Gasteiger partial charge in [-0.15, -0.1) is 0 Å². The molecule has 31 nitrogen and oxygen atoms in total. The molecule has 31 heteroatoms. The minimum atomic E-state index is 0.421. The topological polar surface area (TPSA) is 303 Å². The maximum Gasteiger partial charge on any atom is 0.227 e. The number of nitrogens with one attached hydrogen (secondary N) is 4. The number of aromatic nitrogens is 8. The molecule has 0 radical (unpaired) electrons. The highest BCUT2D eigenvalue weighted by molar-refractivity contribution is 5.71. The molecular formula is C115H142N16O15. The number of hydrogen-bond acceptors (Lipinski definition) is 31. The normalized spacial score (nSPS) is 14.7. The number of nitrogens with zero attached hydrogens (tertiary/aromatic N) is 12. The largest absolute Gasteiger partial charge is 0.496 e. The third-order valence-corrected chi connectivity index (χ3v) is 24.4. The molecule has 4 N–H and O–H groups in total. The lowest BCUT2D eigenvalue weighted by Crippen LogP contribution is -2.28. The summed E-state index contributed by atoms with van der Waals surface area (Å²) < 4.78 is 88.6. The van der Waals surface area contributed by atoms with E-state index in [1.165, 1.54) is 0 Å². The van der Waals surface area contributed by atoms with Crippen molar-refractivity contribution in [1.82, 2.24) is 59.5 Å². The van der Waals surface area contributed by atoms with Gasteiger partial charge in [0.2, 0.25) is 23.8 Å². The van der Waals surface area contributed by atoms with Gasteiger partial charge in [0.25, 0.3) is 0 Å². The zero-order valence-corrected chi connectivity index (χ0v) is 86.3. The molecule has 772 valence electrons. The van der Waals surface area contributed by atoms with Gasteiger partial charge in [-0.1, -0.05) is 116 Å². The van der Waals surface area contributed by atoms with Crippen LogP contribution < -0.4 is 68.6 Å². The van der Waals surface area contributed by atoms with Crippen LogP contribution in [0.15, 0.2) is 249 Å². The van der Waals surface area contributed by atoms with E-state index in [1.807, 2.05) is 206 Å². The molecule has 0 saturated carbocycles. The number of methoxy groups -OCH3 is 3. The summed E-state index contributed by atoms with van der Waals surface area (Å²) in [5, 5.41) is 13.3. The Hall–Kier alpha value is -14.1. The van der Waals surface area contributed by atoms with Crippen molar-refractivity contribution in [3.8, 4) is 103 Å². The molecule has 16 rings (SSSR count). The predicted octanol–water partition coefficient (Wildman–Crippen LogP) is 21.6. The molecule has 4 aromatic heterocycles. The number of anilines is 8. The number of rotatable bonds is 27. The standard InChI is InChI=1S/3C29H36N4O4.C28H34N4O3/c1-4-33(5-2)14-17-37-28-11-9-25-19-24(28)21-36-16-7-6-15-35-20-23-18-22(8-10-27(23)34-3)26-12-13-30-29(31-25)32-26;2*1-4-33(5-2)15-18-37-26-12-10-24-19-23(26)21-35-16-7-6-8-17-36-28-20-22(9-11-27(28)34-3)25-13-14-30-29(31-24)32-25;1-3-32(4-2)15-18-35-27-12-11-24-19-23(27)21-33-16-6-5-7-17-34-25-10-8-9-22(20-25)26-13-14-29-28(30-24)31-26/h6-13,18-19H,4-5,14-17,20-21H2,1-3H3,(H,30,31,32);2*6-7,9-14,19-20H,4-5,8,15-18,21H2,1-3H3,(H,30,31,32);5-6,8-14,19-20H,3-4,7,15-18,21H2,1-2H3,(H,29,30,31)/b2*7-6+;7-6-;6-5+. The SMILES string of the molecule is CCN(CC)CCOc1ccc2cc1COC/C=C/CCOc1cc(ccc1OC)-c1ccnc(n1)N2.CCN(CC)CCOc1ccc2cc1COC/C=C/CCOc1cccc(c1)-c1ccnc(n1)N2.CCN(CC)CCOc1ccc2cc1COC/C=C/COCc1cc(ccc1OC)-c1ccnc(n1)N2.CCN(CC)CCOc1ccc2cc1COC/C=C\CCOc1cc(ccc1OC)-c1ccnc(n1)N2. The van der Waals surface area contributed by atoms with Crippen LogP contribution in [-0.2, 0) is 56.7 Å². The molecule has 0 saturated heterocycles. The fraction of sp³-hybridized carbons (Fsp3) is 0.374. The first kappa shape index (κ1) is 109. The third kappa shape index (κ3) is 34.8. The van der Waals surface area contributed by atoms with E-state index < -0.39 is 0 Å². The van der Waals surface area contributed by atoms with Crippen molar-refractivity contribution < 1.29 is 71.1 Å². The maximum absolute atomic E-state index is 6.15. The quantitative estimate of drug-likeness (QED) is 0.0348. The van der Waals surface area contributed by atoms with Crippen molar-refractivity contribution >= 4 is 46.5 Å². The Morgan fingerprint density at radius 1 is 0.274 bits per heavy atom. The molecule has 0 aliphatic carbocycles. The van der Waals surface area contributed by atoms with Crippen LogP contribution in [-0.4, -0.2) is 239 Å². The second kappa shape index (κ2) is 60.6. The van der Waals surface area contributed by atoms with E-state index in [-0.39, 0.29) is 0 Å². The Labute approximate surface area is 860 Å². The second-order valence-electron chi connectivity index (χ2n) is 34.0. The fourth-order valence-corrected chi connectivity index (χ4v) is 16.1. The molecule has 0 spiro atoms. The third-order valence-electron chi connectivity index (χ3n) is 24.4. The van der Waals surface area contributed by atoms with Gasteiger partial charge < -0.3 is 112 Å². The molecular weight excluding hydrogens is 1850 g/mol. The number of ether oxygens (including phenoxy) is 15. The molecule has 0 amide bonds. The van der Waals surface area contributed by atoms with Crippen molar-refractivity contribution in [1.29, 1.82) is 0 Å². The lowest BCUT2D eigenvalue weighted by atomic mass is 10.1. The van der Waals surface area contributed by atoms with Crippen LogP contribution in [0.4, 0.5) is 46.5 Å². The molecule has 8 heterocycles. The van der Waals surface area contributed by atoms with Crippen molar-refractivity contribution in [3.05, 3.63) is 277 Å². The zero-order valence-electron chi connectivity index (χ0n) is 86.3. The van der Waals surface area contributed by atoms with Crippen molar-refractivity contribution in [2.45, 2.75) is 108 Å². The minimum absolute atomic E-state index is 0.421. The van der Waals surface area contributed by atoms with E-state index in [9.17, 15) is 0 Å². The van der Waals surface area contributed by atoms with Gasteiger partial charge in [0, 0.05) is 124 Å². The number of likely N-dealkylation sites (N-methyl/N-ethyl adjacent to an activating group) is 4. The van der Waals surface area contributed by atoms with Gasteiger partial charge in [-0.25, -0.2) is 39.9 Å². The lowest BCUT2D eigenvalue weighted by Gasteiger charge is -2.19. The van der Waals surface area contributed by atoms with Crippen molar-refractivity contribution in [3.63, 3.8) is 0 Å². The first-order chi connectivity index (χ1) is 71.8. The summed E-state index contributed by atoms with van der Waals surface area (Å²) in [6.07, 6.45) is 25.5. The molecule has 4 aliphatic rings. The van der Waals surface area contributed by atoms with Gasteiger partial charge in [0.15, 0.2) is 23.0 Å². The minimum Gasteiger partial charge on any atom is -0.496 e. The van der Waals surface area contributed by atoms with Gasteiger partial charge >= 0.3 is 0 Å². The molecule has 0 atom stereocenters. The van der Waals surface area contributed by atoms with Gasteiger partial charge in [-0.3, -0.25) is 0 Å². The van der Waals surface area contributed by atoms with Crippen molar-refractivity contribution in [2.75, 3.05) is 200 Å². The van der Waals surface area contributed by atoms with Crippen LogP contribution in [0.2, 0.25) is 0 Å². The smallest absolute Gasteiger partial charge is 0.227 e. The van der Waals surface area contributed by atoms with E-state index in [0.717, 1.165) is 228 Å². The lowest BCUT2D eigenvalue weighted by molar-refractivity contribution is 0.137. The van der Waals surface area contributed by atoms with Gasteiger partial charge in [-0.05, 0) is 235 Å². The highest BCUT2D eigenvalue weighted by Crippen LogP contribution is 2.38. The summed E-state index contributed by atoms with van der Waals surface area (Å²) in [6, 6.07) is 57.1. The summed E-state index contributed by atoms with van der Waals surface area (Å²) in [5.41, 5.74) is 15.3. The molecule has 24 bridgehead atoms. The highest BCUT2D eigenvalue weighted by atomic mass is 16.5. The van der Waals surface area contributed by atoms with E-state index in [2.05, 4.69) is 134 Å². The van der Waals surface area contributed by atoms with Crippen LogP contribution in [0.5, 0.6) is 57.5 Å². The number of benzene rings is 8. The Kier molecular flexibility index (Phi) is 45.3. The van der Waals surface area contributed by atoms with Gasteiger partial charge in [0.1, 0.15) is 60.9 Å². The predicted molar refractivity (Wildman–Crippen MR) is 577 cm³/mol. The Balaban J connectivity index is 0.000000163. The summed E-state index contributed by atoms with van der Waals surface area (Å²) >= 11 is 0. The Morgan fingerprint density at radius 3 is 0.856 bits per heavy atom. The average Bonchev–Trinajstić information content (AvgIpc) is 0.823. The summed E-state index contributed by atoms with van der Waals surface area (Å²) in [6.45, 7) is 37.7. The monoisotopic (exact) mass is 1990 g/mol. The summed E-state index contributed by atoms with van der Waals surface area (Å²) in [5.74, 6) is 9.68. The fourth-order valence-electron chi connectivity index (χ4n) is 16.1. The number of fused-ring (bicyclic) bond motifs is 28. The number of hydrogen-bond donors (Lipinski definition) is 4. The maximum atomic E-state index is 6.15. The Bertz CT molecular complexity index is 5680. The van der Waals surface area contributed by atoms with E-state index in [0.29, 0.717) is 159 Å². The highest BCUT2D eigenvalue weighted by Gasteiger charge is 2.20. The first-order valence-electron chi connectivity index (χ1n) is 50.7. The zero-order chi connectivity index (χ0) is 102. The van der Waals surface area contributed by atoms with E-state index in [1.54, 1.807) is 46.1 Å². The molecule has 12 aromatic rings. The van der Waals surface area contributed by atoms with E-state index >= 15 is 0 Å². The Morgan fingerprint density at radius 2 is 0.548 bits per heavy atom. The van der Waals surface area contributed by atoms with Crippen LogP contribution in [0.3, 0.4) is 0 Å². The second-order valence-corrected chi connectivity index (χ2v) is 34.0.